The number of nitrogens with zero attached hydrogens (tertiary/aromatic N) is 4. The van der Waals surface area contributed by atoms with Gasteiger partial charge in [-0.05, 0) is 32.9 Å². The van der Waals surface area contributed by atoms with Gasteiger partial charge in [0.25, 0.3) is 0 Å². The molecule has 1 amide bonds. The Labute approximate surface area is 140 Å². The Bertz CT molecular complexity index is 677. The minimum absolute atomic E-state index is 0.0360. The molecule has 0 saturated carbocycles. The number of nitriles is 1. The van der Waals surface area contributed by atoms with Crippen LogP contribution in [0.1, 0.15) is 26.3 Å². The number of carboxylic acid groups (broad SMARTS) is 1. The Morgan fingerprint density at radius 2 is 2.12 bits per heavy atom. The number of aliphatic carboxylic acids is 1. The molecule has 0 aromatic carbocycles. The molecule has 1 aliphatic heterocycles. The van der Waals surface area contributed by atoms with Crippen molar-refractivity contribution in [3.05, 3.63) is 23.9 Å². The number of pyridine rings is 1. The summed E-state index contributed by atoms with van der Waals surface area (Å²) >= 11 is 0. The minimum Gasteiger partial charge on any atom is -0.480 e. The molecular weight excluding hydrogens is 312 g/mol. The van der Waals surface area contributed by atoms with Crippen LogP contribution in [0, 0.1) is 11.3 Å². The van der Waals surface area contributed by atoms with Crippen LogP contribution in [-0.4, -0.2) is 58.3 Å². The van der Waals surface area contributed by atoms with Crippen molar-refractivity contribution in [3.8, 4) is 6.07 Å². The van der Waals surface area contributed by atoms with Crippen molar-refractivity contribution in [1.29, 1.82) is 5.26 Å². The number of carbonyl (C=O) groups excluding carboxylic acids is 1. The monoisotopic (exact) mass is 332 g/mol. The van der Waals surface area contributed by atoms with Gasteiger partial charge in [0.15, 0.2) is 0 Å². The Balaban J connectivity index is 2.22. The van der Waals surface area contributed by atoms with Crippen LogP contribution >= 0.6 is 0 Å². The molecule has 1 aromatic rings. The van der Waals surface area contributed by atoms with Crippen LogP contribution < -0.4 is 4.90 Å². The number of amides is 1. The summed E-state index contributed by atoms with van der Waals surface area (Å²) in [5.41, 5.74) is -0.350. The lowest BCUT2D eigenvalue weighted by molar-refractivity contribution is -0.139. The standard InChI is InChI=1S/C16H20N4O4/c1-16(2,3)24-15(23)19-7-8-20(12(10-19)14(21)22)13-11(9-17)5-4-6-18-13/h4-6,12H,7-8,10H2,1-3H3,(H,21,22)/t12-/m0/s1. The van der Waals surface area contributed by atoms with E-state index in [1.165, 1.54) is 11.1 Å². The molecule has 2 heterocycles. The molecule has 1 aliphatic rings. The summed E-state index contributed by atoms with van der Waals surface area (Å²) in [7, 11) is 0. The Kier molecular flexibility index (Phi) is 4.93. The van der Waals surface area contributed by atoms with Crippen molar-refractivity contribution in [2.75, 3.05) is 24.5 Å². The fourth-order valence-electron chi connectivity index (χ4n) is 2.45. The van der Waals surface area contributed by atoms with Gasteiger partial charge in [0.1, 0.15) is 23.5 Å². The molecule has 1 saturated heterocycles. The number of carbonyl (C=O) groups is 2. The summed E-state index contributed by atoms with van der Waals surface area (Å²) < 4.78 is 5.30. The van der Waals surface area contributed by atoms with Crippen LogP contribution in [0.2, 0.25) is 0 Å². The van der Waals surface area contributed by atoms with E-state index in [1.807, 2.05) is 6.07 Å². The predicted molar refractivity (Wildman–Crippen MR) is 85.5 cm³/mol. The molecular formula is C16H20N4O4. The molecule has 8 nitrogen and oxygen atoms in total. The Morgan fingerprint density at radius 1 is 1.42 bits per heavy atom. The number of hydrogen-bond donors (Lipinski definition) is 1. The predicted octanol–water partition coefficient (Wildman–Crippen LogP) is 1.46. The molecule has 128 valence electrons. The Hall–Kier alpha value is -2.82. The molecule has 0 radical (unpaired) electrons. The van der Waals surface area contributed by atoms with E-state index in [2.05, 4.69) is 4.98 Å². The maximum atomic E-state index is 12.2. The molecule has 2 rings (SSSR count). The molecule has 8 heteroatoms. The quantitative estimate of drug-likeness (QED) is 0.873. The van der Waals surface area contributed by atoms with E-state index in [1.54, 1.807) is 37.8 Å². The highest BCUT2D eigenvalue weighted by atomic mass is 16.6. The van der Waals surface area contributed by atoms with E-state index < -0.39 is 23.7 Å². The van der Waals surface area contributed by atoms with Crippen molar-refractivity contribution in [3.63, 3.8) is 0 Å². The largest absolute Gasteiger partial charge is 0.480 e. The van der Waals surface area contributed by atoms with Crippen LogP contribution in [0.15, 0.2) is 18.3 Å². The average Bonchev–Trinajstić information content (AvgIpc) is 2.52. The van der Waals surface area contributed by atoms with Crippen LogP contribution in [0.25, 0.3) is 0 Å². The number of carboxylic acids is 1. The fraction of sp³-hybridized carbons (Fsp3) is 0.500. The normalized spacial score (nSPS) is 18.0. The molecule has 0 aliphatic carbocycles. The first-order valence-corrected chi connectivity index (χ1v) is 7.55. The SMILES string of the molecule is CC(C)(C)OC(=O)N1CCN(c2ncccc2C#N)[C@H](C(=O)O)C1. The van der Waals surface area contributed by atoms with Gasteiger partial charge in [-0.25, -0.2) is 14.6 Å². The van der Waals surface area contributed by atoms with Crippen molar-refractivity contribution in [2.24, 2.45) is 0 Å². The second-order valence-electron chi connectivity index (χ2n) is 6.46. The molecule has 1 fully saturated rings. The molecule has 0 unspecified atom stereocenters. The number of ether oxygens (including phenoxy) is 1. The summed E-state index contributed by atoms with van der Waals surface area (Å²) in [6, 6.07) is 4.23. The molecule has 1 atom stereocenters. The first kappa shape index (κ1) is 17.5. The summed E-state index contributed by atoms with van der Waals surface area (Å²) in [6.45, 7) is 5.77. The smallest absolute Gasteiger partial charge is 0.410 e. The third kappa shape index (κ3) is 3.93. The summed E-state index contributed by atoms with van der Waals surface area (Å²) in [5.74, 6) is -0.769. The lowest BCUT2D eigenvalue weighted by Gasteiger charge is -2.40. The lowest BCUT2D eigenvalue weighted by Crippen LogP contribution is -2.58. The molecule has 1 N–H and O–H groups in total. The zero-order valence-electron chi connectivity index (χ0n) is 13.9. The van der Waals surface area contributed by atoms with Crippen molar-refractivity contribution < 1.29 is 19.4 Å². The second-order valence-corrected chi connectivity index (χ2v) is 6.46. The lowest BCUT2D eigenvalue weighted by atomic mass is 10.1. The van der Waals surface area contributed by atoms with Crippen LogP contribution in [-0.2, 0) is 9.53 Å². The first-order valence-electron chi connectivity index (χ1n) is 7.55. The third-order valence-corrected chi connectivity index (χ3v) is 3.50. The highest BCUT2D eigenvalue weighted by Gasteiger charge is 2.37. The number of hydrogen-bond acceptors (Lipinski definition) is 6. The molecule has 1 aromatic heterocycles. The Morgan fingerprint density at radius 3 is 2.71 bits per heavy atom. The van der Waals surface area contributed by atoms with Gasteiger partial charge in [-0.15, -0.1) is 0 Å². The topological polar surface area (TPSA) is 107 Å². The molecule has 24 heavy (non-hydrogen) atoms. The zero-order chi connectivity index (χ0) is 17.9. The molecule has 0 spiro atoms. The van der Waals surface area contributed by atoms with Gasteiger partial charge in [-0.1, -0.05) is 0 Å². The fourth-order valence-corrected chi connectivity index (χ4v) is 2.45. The van der Waals surface area contributed by atoms with E-state index in [0.29, 0.717) is 17.9 Å². The van der Waals surface area contributed by atoms with Crippen LogP contribution in [0.3, 0.4) is 0 Å². The summed E-state index contributed by atoms with van der Waals surface area (Å²) in [5, 5.41) is 18.7. The first-order chi connectivity index (χ1) is 11.2. The maximum Gasteiger partial charge on any atom is 0.410 e. The van der Waals surface area contributed by atoms with Gasteiger partial charge < -0.3 is 19.6 Å². The number of piperazine rings is 1. The van der Waals surface area contributed by atoms with Gasteiger partial charge in [0.2, 0.25) is 0 Å². The minimum atomic E-state index is -1.09. The van der Waals surface area contributed by atoms with Gasteiger partial charge in [-0.3, -0.25) is 0 Å². The zero-order valence-corrected chi connectivity index (χ0v) is 13.9. The van der Waals surface area contributed by atoms with E-state index in [0.717, 1.165) is 0 Å². The van der Waals surface area contributed by atoms with Gasteiger partial charge in [0, 0.05) is 19.3 Å². The third-order valence-electron chi connectivity index (χ3n) is 3.50. The van der Waals surface area contributed by atoms with E-state index in [9.17, 15) is 20.0 Å². The summed E-state index contributed by atoms with van der Waals surface area (Å²) in [6.07, 6.45) is 0.963. The molecule has 0 bridgehead atoms. The van der Waals surface area contributed by atoms with Crippen molar-refractivity contribution >= 4 is 17.9 Å². The van der Waals surface area contributed by atoms with E-state index in [4.69, 9.17) is 4.74 Å². The highest BCUT2D eigenvalue weighted by molar-refractivity contribution is 5.80. The number of rotatable bonds is 2. The van der Waals surface area contributed by atoms with Gasteiger partial charge in [-0.2, -0.15) is 5.26 Å². The highest BCUT2D eigenvalue weighted by Crippen LogP contribution is 2.23. The summed E-state index contributed by atoms with van der Waals surface area (Å²) in [4.78, 5) is 30.9. The average molecular weight is 332 g/mol. The van der Waals surface area contributed by atoms with Gasteiger partial charge in [0.05, 0.1) is 12.1 Å². The second kappa shape index (κ2) is 6.74. The van der Waals surface area contributed by atoms with Crippen molar-refractivity contribution in [1.82, 2.24) is 9.88 Å². The number of aromatic nitrogens is 1. The number of anilines is 1. The van der Waals surface area contributed by atoms with Gasteiger partial charge >= 0.3 is 12.1 Å². The van der Waals surface area contributed by atoms with E-state index >= 15 is 0 Å². The van der Waals surface area contributed by atoms with Crippen LogP contribution in [0.4, 0.5) is 10.6 Å². The van der Waals surface area contributed by atoms with E-state index in [-0.39, 0.29) is 13.1 Å². The van der Waals surface area contributed by atoms with Crippen molar-refractivity contribution in [2.45, 2.75) is 32.4 Å². The van der Waals surface area contributed by atoms with Crippen LogP contribution in [0.5, 0.6) is 0 Å². The maximum absolute atomic E-state index is 12.2.